The fourth-order valence-corrected chi connectivity index (χ4v) is 3.38. The smallest absolute Gasteiger partial charge is 0.303 e. The lowest BCUT2D eigenvalue weighted by Gasteiger charge is -2.14. The molecule has 0 bridgehead atoms. The molecule has 1 aliphatic rings. The summed E-state index contributed by atoms with van der Waals surface area (Å²) in [6, 6.07) is 9.30. The van der Waals surface area contributed by atoms with Gasteiger partial charge in [-0.3, -0.25) is 4.79 Å². The summed E-state index contributed by atoms with van der Waals surface area (Å²) in [5.41, 5.74) is 0. The first-order chi connectivity index (χ1) is 12.6. The quantitative estimate of drug-likeness (QED) is 0.414. The van der Waals surface area contributed by atoms with Crippen LogP contribution in [0.15, 0.2) is 54.6 Å². The Morgan fingerprint density at radius 1 is 1.27 bits per heavy atom. The van der Waals surface area contributed by atoms with Crippen LogP contribution in [-0.2, 0) is 4.79 Å². The maximum absolute atomic E-state index is 14.1. The Hall–Kier alpha value is -2.10. The van der Waals surface area contributed by atoms with Crippen molar-refractivity contribution in [2.75, 3.05) is 6.61 Å². The molecule has 0 spiro atoms. The molecule has 1 N–H and O–H groups in total. The molecule has 1 aromatic carbocycles. The van der Waals surface area contributed by atoms with E-state index in [4.69, 9.17) is 9.84 Å². The SMILES string of the molecule is O=C(O)CCC/C=C\C[C@H]1CCCC1/C=C/C(F)COc1ccccc1. The van der Waals surface area contributed by atoms with Crippen molar-refractivity contribution in [1.82, 2.24) is 0 Å². The van der Waals surface area contributed by atoms with Gasteiger partial charge in [0.1, 0.15) is 12.4 Å². The third-order valence-electron chi connectivity index (χ3n) is 4.80. The molecule has 1 fully saturated rings. The molecular formula is C22H29FO3. The van der Waals surface area contributed by atoms with Crippen LogP contribution in [0.4, 0.5) is 4.39 Å². The molecule has 0 saturated heterocycles. The van der Waals surface area contributed by atoms with Gasteiger partial charge in [-0.25, -0.2) is 4.39 Å². The lowest BCUT2D eigenvalue weighted by Crippen LogP contribution is -2.11. The van der Waals surface area contributed by atoms with Crippen molar-refractivity contribution in [2.24, 2.45) is 11.8 Å². The van der Waals surface area contributed by atoms with E-state index in [1.807, 2.05) is 36.4 Å². The Bertz CT molecular complexity index is 582. The van der Waals surface area contributed by atoms with E-state index in [-0.39, 0.29) is 13.0 Å². The summed E-state index contributed by atoms with van der Waals surface area (Å²) in [7, 11) is 0. The zero-order valence-corrected chi connectivity index (χ0v) is 15.2. The molecule has 26 heavy (non-hydrogen) atoms. The van der Waals surface area contributed by atoms with Crippen LogP contribution in [0.2, 0.25) is 0 Å². The molecule has 1 aliphatic carbocycles. The highest BCUT2D eigenvalue weighted by Crippen LogP contribution is 2.35. The van der Waals surface area contributed by atoms with Crippen molar-refractivity contribution in [2.45, 2.75) is 51.1 Å². The second-order valence-electron chi connectivity index (χ2n) is 6.87. The van der Waals surface area contributed by atoms with Gasteiger partial charge < -0.3 is 9.84 Å². The number of carbonyl (C=O) groups is 1. The van der Waals surface area contributed by atoms with Gasteiger partial charge in [-0.2, -0.15) is 0 Å². The molecule has 142 valence electrons. The first-order valence-corrected chi connectivity index (χ1v) is 9.52. The third-order valence-corrected chi connectivity index (χ3v) is 4.80. The Balaban J connectivity index is 1.68. The number of hydrogen-bond acceptors (Lipinski definition) is 2. The number of halogens is 1. The average molecular weight is 360 g/mol. The van der Waals surface area contributed by atoms with E-state index < -0.39 is 12.1 Å². The molecule has 1 saturated carbocycles. The van der Waals surface area contributed by atoms with Crippen LogP contribution in [-0.4, -0.2) is 23.9 Å². The van der Waals surface area contributed by atoms with E-state index in [1.54, 1.807) is 6.08 Å². The Morgan fingerprint density at radius 2 is 2.08 bits per heavy atom. The zero-order chi connectivity index (χ0) is 18.6. The first-order valence-electron chi connectivity index (χ1n) is 9.52. The minimum Gasteiger partial charge on any atom is -0.490 e. The van der Waals surface area contributed by atoms with E-state index in [9.17, 15) is 9.18 Å². The van der Waals surface area contributed by atoms with Gasteiger partial charge >= 0.3 is 5.97 Å². The normalized spacial score (nSPS) is 21.4. The summed E-state index contributed by atoms with van der Waals surface area (Å²) in [5, 5.41) is 8.61. The van der Waals surface area contributed by atoms with E-state index >= 15 is 0 Å². The molecule has 0 amide bonds. The van der Waals surface area contributed by atoms with Crippen molar-refractivity contribution < 1.29 is 19.0 Å². The van der Waals surface area contributed by atoms with Gasteiger partial charge in [-0.05, 0) is 56.1 Å². The van der Waals surface area contributed by atoms with Gasteiger partial charge in [0.15, 0.2) is 6.17 Å². The predicted molar refractivity (Wildman–Crippen MR) is 102 cm³/mol. The van der Waals surface area contributed by atoms with E-state index in [2.05, 4.69) is 12.2 Å². The van der Waals surface area contributed by atoms with E-state index in [0.29, 0.717) is 24.0 Å². The van der Waals surface area contributed by atoms with Gasteiger partial charge in [0.25, 0.3) is 0 Å². The van der Waals surface area contributed by atoms with Crippen molar-refractivity contribution in [3.8, 4) is 5.75 Å². The van der Waals surface area contributed by atoms with Crippen molar-refractivity contribution in [3.05, 3.63) is 54.6 Å². The number of ether oxygens (including phenoxy) is 1. The number of allylic oxidation sites excluding steroid dienone is 3. The van der Waals surface area contributed by atoms with Crippen molar-refractivity contribution in [1.29, 1.82) is 0 Å². The lowest BCUT2D eigenvalue weighted by atomic mass is 9.92. The number of unbranched alkanes of at least 4 members (excludes halogenated alkanes) is 1. The van der Waals surface area contributed by atoms with Gasteiger partial charge in [-0.15, -0.1) is 0 Å². The monoisotopic (exact) mass is 360 g/mol. The van der Waals surface area contributed by atoms with Crippen molar-refractivity contribution in [3.63, 3.8) is 0 Å². The number of benzene rings is 1. The van der Waals surface area contributed by atoms with Crippen LogP contribution in [0.1, 0.15) is 44.9 Å². The average Bonchev–Trinajstić information content (AvgIpc) is 3.09. The maximum Gasteiger partial charge on any atom is 0.303 e. The number of rotatable bonds is 11. The van der Waals surface area contributed by atoms with Gasteiger partial charge in [-0.1, -0.05) is 48.9 Å². The summed E-state index contributed by atoms with van der Waals surface area (Å²) in [5.74, 6) is 0.935. The third kappa shape index (κ3) is 7.85. The summed E-state index contributed by atoms with van der Waals surface area (Å²) in [6.07, 6.45) is 13.0. The zero-order valence-electron chi connectivity index (χ0n) is 15.2. The van der Waals surface area contributed by atoms with E-state index in [1.165, 1.54) is 12.8 Å². The van der Waals surface area contributed by atoms with Crippen LogP contribution in [0.5, 0.6) is 5.75 Å². The summed E-state index contributed by atoms with van der Waals surface area (Å²) < 4.78 is 19.5. The molecule has 4 heteroatoms. The lowest BCUT2D eigenvalue weighted by molar-refractivity contribution is -0.137. The van der Waals surface area contributed by atoms with Crippen LogP contribution in [0, 0.1) is 11.8 Å². The number of aliphatic carboxylic acids is 1. The van der Waals surface area contributed by atoms with Gasteiger partial charge in [0, 0.05) is 6.42 Å². The summed E-state index contributed by atoms with van der Waals surface area (Å²) >= 11 is 0. The summed E-state index contributed by atoms with van der Waals surface area (Å²) in [6.45, 7) is 0.0430. The molecule has 2 rings (SSSR count). The Kier molecular flexibility index (Phi) is 8.94. The molecule has 1 aromatic rings. The predicted octanol–water partition coefficient (Wildman–Crippen LogP) is 5.58. The first kappa shape index (κ1) is 20.2. The topological polar surface area (TPSA) is 46.5 Å². The highest BCUT2D eigenvalue weighted by molar-refractivity contribution is 5.66. The van der Waals surface area contributed by atoms with Gasteiger partial charge in [0.2, 0.25) is 0 Å². The standard InChI is InChI=1S/C22H29FO3/c23-20(17-26-21-12-5-3-6-13-21)16-15-19-11-8-10-18(19)9-4-1-2-7-14-22(24)25/h1,3-6,12-13,15-16,18-20H,2,7-11,14,17H2,(H,24,25)/b4-1-,16-15+/t18-,19?,20?/m0/s1. The second kappa shape index (κ2) is 11.5. The number of hydrogen-bond donors (Lipinski definition) is 1. The van der Waals surface area contributed by atoms with Crippen LogP contribution in [0.3, 0.4) is 0 Å². The molecule has 0 aliphatic heterocycles. The summed E-state index contributed by atoms with van der Waals surface area (Å²) in [4.78, 5) is 10.5. The van der Waals surface area contributed by atoms with Gasteiger partial charge in [0.05, 0.1) is 0 Å². The maximum atomic E-state index is 14.1. The number of para-hydroxylation sites is 1. The highest BCUT2D eigenvalue weighted by Gasteiger charge is 2.24. The molecule has 0 radical (unpaired) electrons. The minimum absolute atomic E-state index is 0.0430. The molecule has 0 heterocycles. The second-order valence-corrected chi connectivity index (χ2v) is 6.87. The van der Waals surface area contributed by atoms with E-state index in [0.717, 1.165) is 19.3 Å². The van der Waals surface area contributed by atoms with Crippen LogP contribution in [0.25, 0.3) is 0 Å². The fraction of sp³-hybridized carbons (Fsp3) is 0.500. The molecule has 3 atom stereocenters. The number of alkyl halides is 1. The largest absolute Gasteiger partial charge is 0.490 e. The number of carboxylic acids is 1. The number of carboxylic acid groups (broad SMARTS) is 1. The minimum atomic E-state index is -1.09. The van der Waals surface area contributed by atoms with Crippen molar-refractivity contribution >= 4 is 5.97 Å². The molecular weight excluding hydrogens is 331 g/mol. The molecule has 3 nitrogen and oxygen atoms in total. The molecule has 2 unspecified atom stereocenters. The van der Waals surface area contributed by atoms with Crippen LogP contribution < -0.4 is 4.74 Å². The molecule has 0 aromatic heterocycles. The highest BCUT2D eigenvalue weighted by atomic mass is 19.1. The Labute approximate surface area is 155 Å². The van der Waals surface area contributed by atoms with Crippen LogP contribution >= 0.6 is 0 Å². The Morgan fingerprint density at radius 3 is 2.85 bits per heavy atom. The fourth-order valence-electron chi connectivity index (χ4n) is 3.38.